The second-order valence-corrected chi connectivity index (χ2v) is 5.54. The second-order valence-electron chi connectivity index (χ2n) is 4.51. The number of benzene rings is 1. The van der Waals surface area contributed by atoms with Crippen molar-refractivity contribution >= 4 is 17.0 Å². The Labute approximate surface area is 115 Å². The maximum atomic E-state index is 10.8. The van der Waals surface area contributed by atoms with Gasteiger partial charge in [0.1, 0.15) is 0 Å². The van der Waals surface area contributed by atoms with Gasteiger partial charge in [-0.3, -0.25) is 10.1 Å². The first kappa shape index (κ1) is 13.2. The number of nitriles is 1. The summed E-state index contributed by atoms with van der Waals surface area (Å²) < 4.78 is 0. The highest BCUT2D eigenvalue weighted by Crippen LogP contribution is 2.31. The van der Waals surface area contributed by atoms with Crippen molar-refractivity contribution in [3.8, 4) is 6.07 Å². The number of nitrogens with zero attached hydrogens (tertiary/aromatic N) is 2. The van der Waals surface area contributed by atoms with Crippen LogP contribution in [0.25, 0.3) is 0 Å². The SMILES string of the molecule is CC(C#N)(Cc1cccs1)c1cccc([N+](=O)[O-])c1. The summed E-state index contributed by atoms with van der Waals surface area (Å²) >= 11 is 1.59. The van der Waals surface area contributed by atoms with Crippen LogP contribution in [0.1, 0.15) is 17.4 Å². The van der Waals surface area contributed by atoms with Crippen LogP contribution in [0.5, 0.6) is 0 Å². The van der Waals surface area contributed by atoms with E-state index in [1.54, 1.807) is 23.5 Å². The Morgan fingerprint density at radius 1 is 1.42 bits per heavy atom. The van der Waals surface area contributed by atoms with Crippen molar-refractivity contribution < 1.29 is 4.92 Å². The molecule has 19 heavy (non-hydrogen) atoms. The molecule has 1 unspecified atom stereocenters. The summed E-state index contributed by atoms with van der Waals surface area (Å²) in [5.74, 6) is 0. The Balaban J connectivity index is 2.38. The van der Waals surface area contributed by atoms with E-state index in [4.69, 9.17) is 0 Å². The summed E-state index contributed by atoms with van der Waals surface area (Å²) in [7, 11) is 0. The lowest BCUT2D eigenvalue weighted by Crippen LogP contribution is -2.22. The molecule has 0 radical (unpaired) electrons. The average molecular weight is 272 g/mol. The summed E-state index contributed by atoms with van der Waals surface area (Å²) in [5, 5.41) is 22.2. The fourth-order valence-electron chi connectivity index (χ4n) is 1.93. The van der Waals surface area contributed by atoms with Gasteiger partial charge in [-0.25, -0.2) is 0 Å². The van der Waals surface area contributed by atoms with E-state index in [0.717, 1.165) is 4.88 Å². The summed E-state index contributed by atoms with van der Waals surface area (Å²) in [6, 6.07) is 12.5. The molecule has 2 aromatic rings. The quantitative estimate of drug-likeness (QED) is 0.629. The van der Waals surface area contributed by atoms with Gasteiger partial charge in [0, 0.05) is 23.4 Å². The number of nitro benzene ring substituents is 1. The molecule has 0 spiro atoms. The summed E-state index contributed by atoms with van der Waals surface area (Å²) in [4.78, 5) is 11.5. The molecular weight excluding hydrogens is 260 g/mol. The summed E-state index contributed by atoms with van der Waals surface area (Å²) in [6.07, 6.45) is 0.558. The van der Waals surface area contributed by atoms with Gasteiger partial charge in [-0.1, -0.05) is 18.2 Å². The van der Waals surface area contributed by atoms with Crippen LogP contribution in [0.3, 0.4) is 0 Å². The van der Waals surface area contributed by atoms with Crippen LogP contribution in [0, 0.1) is 21.4 Å². The molecule has 1 heterocycles. The molecule has 0 bridgehead atoms. The number of hydrogen-bond acceptors (Lipinski definition) is 4. The monoisotopic (exact) mass is 272 g/mol. The smallest absolute Gasteiger partial charge is 0.258 e. The van der Waals surface area contributed by atoms with Crippen molar-refractivity contribution in [1.82, 2.24) is 0 Å². The molecule has 5 heteroatoms. The highest BCUT2D eigenvalue weighted by Gasteiger charge is 2.28. The number of rotatable bonds is 4. The van der Waals surface area contributed by atoms with Crippen LogP contribution >= 0.6 is 11.3 Å². The first-order valence-electron chi connectivity index (χ1n) is 5.74. The molecular formula is C14H12N2O2S. The van der Waals surface area contributed by atoms with E-state index < -0.39 is 10.3 Å². The molecule has 0 saturated carbocycles. The van der Waals surface area contributed by atoms with Gasteiger partial charge >= 0.3 is 0 Å². The Hall–Kier alpha value is -2.19. The minimum Gasteiger partial charge on any atom is -0.258 e. The molecule has 0 aliphatic rings. The standard InChI is InChI=1S/C14H12N2O2S/c1-14(10-15,9-13-6-3-7-19-13)11-4-2-5-12(8-11)16(17)18/h2-8H,9H2,1H3. The minimum absolute atomic E-state index is 0.0187. The van der Waals surface area contributed by atoms with E-state index in [9.17, 15) is 15.4 Å². The number of thiophene rings is 1. The van der Waals surface area contributed by atoms with Crippen molar-refractivity contribution in [2.75, 3.05) is 0 Å². The van der Waals surface area contributed by atoms with Gasteiger partial charge in [0.2, 0.25) is 0 Å². The Morgan fingerprint density at radius 2 is 2.21 bits per heavy atom. The maximum absolute atomic E-state index is 10.8. The highest BCUT2D eigenvalue weighted by molar-refractivity contribution is 7.09. The zero-order valence-corrected chi connectivity index (χ0v) is 11.2. The van der Waals surface area contributed by atoms with Crippen molar-refractivity contribution in [3.05, 3.63) is 62.3 Å². The maximum Gasteiger partial charge on any atom is 0.269 e. The van der Waals surface area contributed by atoms with Gasteiger partial charge in [0.25, 0.3) is 5.69 Å². The van der Waals surface area contributed by atoms with Crippen molar-refractivity contribution in [2.24, 2.45) is 0 Å². The Morgan fingerprint density at radius 3 is 2.79 bits per heavy atom. The Bertz CT molecular complexity index is 631. The highest BCUT2D eigenvalue weighted by atomic mass is 32.1. The van der Waals surface area contributed by atoms with Gasteiger partial charge in [-0.05, 0) is 23.9 Å². The lowest BCUT2D eigenvalue weighted by atomic mass is 9.80. The summed E-state index contributed by atoms with van der Waals surface area (Å²) in [6.45, 7) is 1.81. The molecule has 2 rings (SSSR count). The third kappa shape index (κ3) is 2.80. The predicted molar refractivity (Wildman–Crippen MR) is 74.1 cm³/mol. The van der Waals surface area contributed by atoms with Crippen LogP contribution in [0.15, 0.2) is 41.8 Å². The van der Waals surface area contributed by atoms with Crippen LogP contribution in [-0.2, 0) is 11.8 Å². The molecule has 1 aromatic carbocycles. The molecule has 0 amide bonds. The van der Waals surface area contributed by atoms with Crippen LogP contribution < -0.4 is 0 Å². The van der Waals surface area contributed by atoms with Crippen LogP contribution in [0.2, 0.25) is 0 Å². The predicted octanol–water partition coefficient (Wildman–Crippen LogP) is 3.68. The van der Waals surface area contributed by atoms with E-state index in [-0.39, 0.29) is 5.69 Å². The van der Waals surface area contributed by atoms with E-state index >= 15 is 0 Å². The van der Waals surface area contributed by atoms with Crippen molar-refractivity contribution in [1.29, 1.82) is 5.26 Å². The Kier molecular flexibility index (Phi) is 3.63. The van der Waals surface area contributed by atoms with Gasteiger partial charge in [-0.15, -0.1) is 11.3 Å². The van der Waals surface area contributed by atoms with Crippen LogP contribution in [-0.4, -0.2) is 4.92 Å². The normalized spacial score (nSPS) is 13.5. The zero-order chi connectivity index (χ0) is 13.9. The van der Waals surface area contributed by atoms with E-state index in [0.29, 0.717) is 12.0 Å². The number of nitro groups is 1. The number of non-ortho nitro benzene ring substituents is 1. The molecule has 0 fully saturated rings. The first-order chi connectivity index (χ1) is 9.05. The molecule has 0 aliphatic heterocycles. The van der Waals surface area contributed by atoms with Gasteiger partial charge < -0.3 is 0 Å². The van der Waals surface area contributed by atoms with Crippen molar-refractivity contribution in [2.45, 2.75) is 18.8 Å². The van der Waals surface area contributed by atoms with Gasteiger partial charge in [-0.2, -0.15) is 5.26 Å². The van der Waals surface area contributed by atoms with Crippen molar-refractivity contribution in [3.63, 3.8) is 0 Å². The summed E-state index contributed by atoms with van der Waals surface area (Å²) in [5.41, 5.74) is -0.0561. The van der Waals surface area contributed by atoms with Gasteiger partial charge in [0.05, 0.1) is 16.4 Å². The molecule has 1 aromatic heterocycles. The van der Waals surface area contributed by atoms with E-state index in [2.05, 4.69) is 6.07 Å². The zero-order valence-electron chi connectivity index (χ0n) is 10.4. The van der Waals surface area contributed by atoms with E-state index in [1.165, 1.54) is 12.1 Å². The fraction of sp³-hybridized carbons (Fsp3) is 0.214. The van der Waals surface area contributed by atoms with E-state index in [1.807, 2.05) is 24.4 Å². The minimum atomic E-state index is -0.753. The van der Waals surface area contributed by atoms with Crippen LogP contribution in [0.4, 0.5) is 5.69 Å². The number of hydrogen-bond donors (Lipinski definition) is 0. The fourth-order valence-corrected chi connectivity index (χ4v) is 2.79. The third-order valence-corrected chi connectivity index (χ3v) is 3.93. The molecule has 0 aliphatic carbocycles. The average Bonchev–Trinajstić information content (AvgIpc) is 2.91. The molecule has 96 valence electrons. The lowest BCUT2D eigenvalue weighted by Gasteiger charge is -2.21. The largest absolute Gasteiger partial charge is 0.269 e. The molecule has 0 N–H and O–H groups in total. The first-order valence-corrected chi connectivity index (χ1v) is 6.62. The lowest BCUT2D eigenvalue weighted by molar-refractivity contribution is -0.384. The molecule has 1 atom stereocenters. The van der Waals surface area contributed by atoms with Gasteiger partial charge in [0.15, 0.2) is 0 Å². The molecule has 0 saturated heterocycles. The third-order valence-electron chi connectivity index (χ3n) is 3.05. The molecule has 4 nitrogen and oxygen atoms in total. The second kappa shape index (κ2) is 5.21. The topological polar surface area (TPSA) is 66.9 Å².